The molecule has 26 heavy (non-hydrogen) atoms. The number of pyridine rings is 1. The maximum absolute atomic E-state index is 13.4. The van der Waals surface area contributed by atoms with Crippen LogP contribution in [0.1, 0.15) is 15.9 Å². The fourth-order valence-corrected chi connectivity index (χ4v) is 2.74. The summed E-state index contributed by atoms with van der Waals surface area (Å²) >= 11 is 5.59. The van der Waals surface area contributed by atoms with Crippen LogP contribution in [0, 0.1) is 0 Å². The lowest BCUT2D eigenvalue weighted by atomic mass is 10.0. The number of halogens is 4. The van der Waals surface area contributed by atoms with E-state index in [0.717, 1.165) is 6.07 Å². The summed E-state index contributed by atoms with van der Waals surface area (Å²) in [5.74, 6) is -0.228. The Morgan fingerprint density at radius 2 is 2.04 bits per heavy atom. The van der Waals surface area contributed by atoms with Gasteiger partial charge in [0.05, 0.1) is 28.4 Å². The summed E-state index contributed by atoms with van der Waals surface area (Å²) in [5, 5.41) is 7.12. The van der Waals surface area contributed by atoms with E-state index in [1.807, 2.05) is 0 Å². The molecule has 1 aromatic carbocycles. The Balaban J connectivity index is 2.23. The number of benzene rings is 1. The molecule has 0 fully saturated rings. The Morgan fingerprint density at radius 1 is 1.31 bits per heavy atom. The molecule has 2 aromatic heterocycles. The van der Waals surface area contributed by atoms with E-state index in [1.54, 1.807) is 7.05 Å². The van der Waals surface area contributed by atoms with Crippen LogP contribution >= 0.6 is 11.6 Å². The van der Waals surface area contributed by atoms with E-state index >= 15 is 0 Å². The Hall–Kier alpha value is -2.61. The van der Waals surface area contributed by atoms with E-state index in [-0.39, 0.29) is 29.2 Å². The van der Waals surface area contributed by atoms with Crippen LogP contribution in [0.2, 0.25) is 0 Å². The van der Waals surface area contributed by atoms with E-state index in [9.17, 15) is 18.0 Å². The zero-order chi connectivity index (χ0) is 18.9. The van der Waals surface area contributed by atoms with E-state index in [1.165, 1.54) is 35.1 Å². The number of fused-ring (bicyclic) bond motifs is 1. The lowest BCUT2D eigenvalue weighted by Gasteiger charge is -2.13. The van der Waals surface area contributed by atoms with Gasteiger partial charge in [-0.25, -0.2) is 4.98 Å². The molecule has 0 aliphatic carbocycles. The van der Waals surface area contributed by atoms with Crippen molar-refractivity contribution in [3.63, 3.8) is 0 Å². The average Bonchev–Trinajstić information content (AvgIpc) is 2.99. The van der Waals surface area contributed by atoms with Crippen molar-refractivity contribution in [3.8, 4) is 11.3 Å². The summed E-state index contributed by atoms with van der Waals surface area (Å²) in [7, 11) is 1.61. The molecule has 5 nitrogen and oxygen atoms in total. The van der Waals surface area contributed by atoms with Gasteiger partial charge >= 0.3 is 6.18 Å². The number of carbonyl (C=O) groups excluding carboxylic acids is 1. The quantitative estimate of drug-likeness (QED) is 0.701. The fourth-order valence-electron chi connectivity index (χ4n) is 2.65. The molecule has 136 valence electrons. The third-order valence-corrected chi connectivity index (χ3v) is 4.03. The van der Waals surface area contributed by atoms with Crippen LogP contribution in [0.15, 0.2) is 36.5 Å². The van der Waals surface area contributed by atoms with Crippen LogP contribution in [0.25, 0.3) is 22.3 Å². The summed E-state index contributed by atoms with van der Waals surface area (Å²) in [6.45, 7) is 0.235. The molecule has 2 heterocycles. The maximum atomic E-state index is 13.4. The number of hydrogen-bond acceptors (Lipinski definition) is 3. The van der Waals surface area contributed by atoms with Gasteiger partial charge in [0.25, 0.3) is 5.91 Å². The molecule has 1 amide bonds. The van der Waals surface area contributed by atoms with Gasteiger partial charge < -0.3 is 5.32 Å². The third-order valence-electron chi connectivity index (χ3n) is 3.84. The van der Waals surface area contributed by atoms with Gasteiger partial charge in [-0.3, -0.25) is 9.48 Å². The number of hydrogen-bond donors (Lipinski definition) is 1. The predicted molar refractivity (Wildman–Crippen MR) is 92.0 cm³/mol. The Labute approximate surface area is 151 Å². The predicted octanol–water partition coefficient (Wildman–Crippen LogP) is 3.62. The molecule has 3 aromatic rings. The smallest absolute Gasteiger partial charge is 0.351 e. The SMILES string of the molecule is Cn1ncc2c(C(=O)NCCCl)cc(-c3ccccc3C(F)(F)F)nc21. The van der Waals surface area contributed by atoms with Crippen LogP contribution in [0.5, 0.6) is 0 Å². The second-order valence-electron chi connectivity index (χ2n) is 5.55. The number of nitrogens with one attached hydrogen (secondary N) is 1. The number of alkyl halides is 4. The van der Waals surface area contributed by atoms with Crippen LogP contribution in [0.4, 0.5) is 13.2 Å². The minimum absolute atomic E-state index is 0.0463. The Bertz CT molecular complexity index is 968. The second-order valence-corrected chi connectivity index (χ2v) is 5.93. The summed E-state index contributed by atoms with van der Waals surface area (Å²) < 4.78 is 41.5. The van der Waals surface area contributed by atoms with Gasteiger partial charge in [0, 0.05) is 25.0 Å². The van der Waals surface area contributed by atoms with Crippen molar-refractivity contribution in [2.24, 2.45) is 7.05 Å². The molecule has 0 spiro atoms. The largest absolute Gasteiger partial charge is 0.417 e. The van der Waals surface area contributed by atoms with Gasteiger partial charge in [-0.05, 0) is 12.1 Å². The number of aryl methyl sites for hydroxylation is 1. The first-order valence-corrected chi connectivity index (χ1v) is 8.20. The molecule has 0 saturated carbocycles. The molecular formula is C17H14ClF3N4O. The highest BCUT2D eigenvalue weighted by atomic mass is 35.5. The lowest BCUT2D eigenvalue weighted by molar-refractivity contribution is -0.137. The zero-order valence-electron chi connectivity index (χ0n) is 13.6. The highest BCUT2D eigenvalue weighted by Crippen LogP contribution is 2.37. The van der Waals surface area contributed by atoms with Crippen molar-refractivity contribution in [1.82, 2.24) is 20.1 Å². The summed E-state index contributed by atoms with van der Waals surface area (Å²) in [6, 6.07) is 6.46. The summed E-state index contributed by atoms with van der Waals surface area (Å²) in [4.78, 5) is 16.7. The highest BCUT2D eigenvalue weighted by Gasteiger charge is 2.34. The van der Waals surface area contributed by atoms with Crippen LogP contribution < -0.4 is 5.32 Å². The molecule has 0 aliphatic rings. The number of amides is 1. The third kappa shape index (κ3) is 3.37. The summed E-state index contributed by atoms with van der Waals surface area (Å²) in [5.41, 5.74) is -0.364. The van der Waals surface area contributed by atoms with Crippen LogP contribution in [-0.2, 0) is 13.2 Å². The Morgan fingerprint density at radius 3 is 2.73 bits per heavy atom. The second kappa shape index (κ2) is 6.95. The maximum Gasteiger partial charge on any atom is 0.417 e. The summed E-state index contributed by atoms with van der Waals surface area (Å²) in [6.07, 6.45) is -3.09. The Kier molecular flexibility index (Phi) is 4.86. The molecular weight excluding hydrogens is 369 g/mol. The molecule has 0 aliphatic heterocycles. The zero-order valence-corrected chi connectivity index (χ0v) is 14.4. The number of rotatable bonds is 4. The number of carbonyl (C=O) groups is 1. The molecule has 3 rings (SSSR count). The van der Waals surface area contributed by atoms with Crippen molar-refractivity contribution in [2.45, 2.75) is 6.18 Å². The van der Waals surface area contributed by atoms with E-state index < -0.39 is 17.6 Å². The molecule has 1 N–H and O–H groups in total. The van der Waals surface area contributed by atoms with Crippen LogP contribution in [-0.4, -0.2) is 33.1 Å². The van der Waals surface area contributed by atoms with Crippen molar-refractivity contribution >= 4 is 28.5 Å². The van der Waals surface area contributed by atoms with Gasteiger partial charge in [0.15, 0.2) is 5.65 Å². The van der Waals surface area contributed by atoms with Crippen molar-refractivity contribution in [2.75, 3.05) is 12.4 Å². The number of nitrogens with zero attached hydrogens (tertiary/aromatic N) is 3. The van der Waals surface area contributed by atoms with E-state index in [0.29, 0.717) is 11.0 Å². The van der Waals surface area contributed by atoms with Gasteiger partial charge in [-0.2, -0.15) is 18.3 Å². The standard InChI is InChI=1S/C17H14ClF3N4O/c1-25-15-12(9-23-25)11(16(26)22-7-6-18)8-14(24-15)10-4-2-3-5-13(10)17(19,20)21/h2-5,8-9H,6-7H2,1H3,(H,22,26). The first kappa shape index (κ1) is 18.2. The molecule has 0 unspecified atom stereocenters. The average molecular weight is 383 g/mol. The molecule has 9 heteroatoms. The van der Waals surface area contributed by atoms with Crippen molar-refractivity contribution in [1.29, 1.82) is 0 Å². The first-order chi connectivity index (χ1) is 12.3. The fraction of sp³-hybridized carbons (Fsp3) is 0.235. The van der Waals surface area contributed by atoms with E-state index in [2.05, 4.69) is 15.4 Å². The molecule has 0 atom stereocenters. The highest BCUT2D eigenvalue weighted by molar-refractivity contribution is 6.18. The van der Waals surface area contributed by atoms with Gasteiger partial charge in [0.1, 0.15) is 0 Å². The molecule has 0 radical (unpaired) electrons. The molecule has 0 saturated heterocycles. The number of aromatic nitrogens is 3. The topological polar surface area (TPSA) is 59.8 Å². The minimum Gasteiger partial charge on any atom is -0.351 e. The van der Waals surface area contributed by atoms with Crippen molar-refractivity contribution in [3.05, 3.63) is 47.7 Å². The minimum atomic E-state index is -4.54. The van der Waals surface area contributed by atoms with E-state index in [4.69, 9.17) is 11.6 Å². The lowest BCUT2D eigenvalue weighted by Crippen LogP contribution is -2.25. The van der Waals surface area contributed by atoms with Gasteiger partial charge in [-0.1, -0.05) is 18.2 Å². The molecule has 0 bridgehead atoms. The van der Waals surface area contributed by atoms with Crippen LogP contribution in [0.3, 0.4) is 0 Å². The van der Waals surface area contributed by atoms with Gasteiger partial charge in [0.2, 0.25) is 0 Å². The normalized spacial score (nSPS) is 11.7. The van der Waals surface area contributed by atoms with Gasteiger partial charge in [-0.15, -0.1) is 11.6 Å². The van der Waals surface area contributed by atoms with Crippen molar-refractivity contribution < 1.29 is 18.0 Å². The first-order valence-electron chi connectivity index (χ1n) is 7.66. The monoisotopic (exact) mass is 382 g/mol.